The number of carbonyl (C=O) groups is 1. The van der Waals surface area contributed by atoms with Crippen LogP contribution in [0.2, 0.25) is 0 Å². The molecule has 0 aliphatic heterocycles. The van der Waals surface area contributed by atoms with Gasteiger partial charge in [-0.3, -0.25) is 4.99 Å². The number of amides is 1. The molecule has 0 aliphatic carbocycles. The van der Waals surface area contributed by atoms with Crippen LogP contribution in [0.5, 0.6) is 5.75 Å². The lowest BCUT2D eigenvalue weighted by Crippen LogP contribution is -2.33. The maximum Gasteiger partial charge on any atom is 0.407 e. The molecule has 144 valence electrons. The third-order valence-corrected chi connectivity index (χ3v) is 4.47. The Labute approximate surface area is 163 Å². The van der Waals surface area contributed by atoms with Gasteiger partial charge in [0.2, 0.25) is 0 Å². The number of fused-ring (bicyclic) bond motifs is 1. The van der Waals surface area contributed by atoms with E-state index >= 15 is 0 Å². The van der Waals surface area contributed by atoms with Crippen molar-refractivity contribution < 1.29 is 14.3 Å². The minimum Gasteiger partial charge on any atom is -0.497 e. The Morgan fingerprint density at radius 2 is 2.15 bits per heavy atom. The first kappa shape index (κ1) is 20.6. The number of hydrogen-bond donors (Lipinski definition) is 1. The van der Waals surface area contributed by atoms with E-state index in [9.17, 15) is 4.79 Å². The average molecular weight is 388 g/mol. The minimum atomic E-state index is -0.526. The van der Waals surface area contributed by atoms with Crippen molar-refractivity contribution >= 4 is 39.9 Å². The average Bonchev–Trinajstić information content (AvgIpc) is 3.01. The summed E-state index contributed by atoms with van der Waals surface area (Å²) in [7, 11) is 1.63. The molecule has 27 heavy (non-hydrogen) atoms. The SMILES string of the molecule is C=N/C=C(\C=C(/C)CNC(=O)OC(C)(C)C)c1nc2cc(OC)ccc2s1. The third kappa shape index (κ3) is 6.21. The smallest absolute Gasteiger partial charge is 0.407 e. The monoisotopic (exact) mass is 387 g/mol. The zero-order valence-electron chi connectivity index (χ0n) is 16.3. The Hall–Kier alpha value is -2.67. The molecular formula is C20H25N3O3S. The number of aliphatic imine (C=N–C) groups is 1. The van der Waals surface area contributed by atoms with Crippen molar-refractivity contribution in [2.45, 2.75) is 33.3 Å². The number of benzene rings is 1. The molecule has 7 heteroatoms. The van der Waals surface area contributed by atoms with Crippen molar-refractivity contribution in [2.24, 2.45) is 4.99 Å². The largest absolute Gasteiger partial charge is 0.497 e. The number of alkyl carbamates (subject to hydrolysis) is 1. The number of nitrogens with one attached hydrogen (secondary N) is 1. The van der Waals surface area contributed by atoms with Crippen LogP contribution in [0.1, 0.15) is 32.7 Å². The highest BCUT2D eigenvalue weighted by molar-refractivity contribution is 7.19. The topological polar surface area (TPSA) is 72.8 Å². The molecule has 0 spiro atoms. The molecule has 1 heterocycles. The number of methoxy groups -OCH3 is 1. The standard InChI is InChI=1S/C20H25N3O3S/c1-13(11-22-19(24)26-20(2,3)4)9-14(12-21-5)18-23-16-10-15(25-6)7-8-17(16)27-18/h7-10,12H,5,11H2,1-4,6H3,(H,22,24)/b13-9+,14-12+. The summed E-state index contributed by atoms with van der Waals surface area (Å²) < 4.78 is 11.5. The summed E-state index contributed by atoms with van der Waals surface area (Å²) in [5, 5.41) is 3.56. The summed E-state index contributed by atoms with van der Waals surface area (Å²) >= 11 is 1.56. The number of carbonyl (C=O) groups excluding carboxylic acids is 1. The predicted molar refractivity (Wildman–Crippen MR) is 112 cm³/mol. The molecule has 1 N–H and O–H groups in total. The number of hydrogen-bond acceptors (Lipinski definition) is 6. The number of aromatic nitrogens is 1. The van der Waals surface area contributed by atoms with Gasteiger partial charge in [-0.1, -0.05) is 5.57 Å². The highest BCUT2D eigenvalue weighted by Gasteiger charge is 2.15. The van der Waals surface area contributed by atoms with Crippen LogP contribution < -0.4 is 10.1 Å². The number of nitrogens with zero attached hydrogens (tertiary/aromatic N) is 2. The van der Waals surface area contributed by atoms with E-state index in [1.54, 1.807) is 24.6 Å². The Bertz CT molecular complexity index is 891. The van der Waals surface area contributed by atoms with Gasteiger partial charge in [0, 0.05) is 24.4 Å². The van der Waals surface area contributed by atoms with E-state index in [1.807, 2.05) is 52.0 Å². The zero-order chi connectivity index (χ0) is 20.0. The number of rotatable bonds is 6. The van der Waals surface area contributed by atoms with E-state index in [1.165, 1.54) is 0 Å². The molecule has 0 bridgehead atoms. The van der Waals surface area contributed by atoms with Gasteiger partial charge in [-0.2, -0.15) is 0 Å². The van der Waals surface area contributed by atoms with Crippen LogP contribution in [0.4, 0.5) is 4.79 Å². The summed E-state index contributed by atoms with van der Waals surface area (Å²) in [6.07, 6.45) is 3.14. The van der Waals surface area contributed by atoms with Crippen molar-refractivity contribution in [3.63, 3.8) is 0 Å². The van der Waals surface area contributed by atoms with Gasteiger partial charge in [-0.05, 0) is 52.6 Å². The van der Waals surface area contributed by atoms with Crippen LogP contribution >= 0.6 is 11.3 Å². The van der Waals surface area contributed by atoms with E-state index in [0.717, 1.165) is 32.1 Å². The Balaban J connectivity index is 2.17. The second-order valence-corrected chi connectivity index (χ2v) is 8.00. The molecular weight excluding hydrogens is 362 g/mol. The highest BCUT2D eigenvalue weighted by Crippen LogP contribution is 2.30. The second-order valence-electron chi connectivity index (χ2n) is 6.97. The minimum absolute atomic E-state index is 0.363. The lowest BCUT2D eigenvalue weighted by Gasteiger charge is -2.19. The van der Waals surface area contributed by atoms with Gasteiger partial charge in [-0.25, -0.2) is 9.78 Å². The summed E-state index contributed by atoms with van der Waals surface area (Å²) in [6, 6.07) is 5.79. The molecule has 0 unspecified atom stereocenters. The van der Waals surface area contributed by atoms with Gasteiger partial charge in [0.1, 0.15) is 16.4 Å². The first-order chi connectivity index (χ1) is 12.7. The fourth-order valence-electron chi connectivity index (χ4n) is 2.25. The van der Waals surface area contributed by atoms with Crippen molar-refractivity contribution in [3.8, 4) is 5.75 Å². The second kappa shape index (κ2) is 8.81. The van der Waals surface area contributed by atoms with E-state index in [2.05, 4.69) is 22.0 Å². The van der Waals surface area contributed by atoms with Crippen molar-refractivity contribution in [1.29, 1.82) is 0 Å². The van der Waals surface area contributed by atoms with E-state index < -0.39 is 11.7 Å². The predicted octanol–water partition coefficient (Wildman–Crippen LogP) is 4.82. The summed E-state index contributed by atoms with van der Waals surface area (Å²) in [6.45, 7) is 11.3. The van der Waals surface area contributed by atoms with Crippen LogP contribution in [-0.2, 0) is 4.74 Å². The lowest BCUT2D eigenvalue weighted by atomic mass is 10.2. The normalized spacial score (nSPS) is 12.8. The molecule has 0 fully saturated rings. The number of ether oxygens (including phenoxy) is 2. The number of thiazole rings is 1. The van der Waals surface area contributed by atoms with E-state index in [4.69, 9.17) is 9.47 Å². The molecule has 2 rings (SSSR count). The molecule has 0 radical (unpaired) electrons. The van der Waals surface area contributed by atoms with Crippen LogP contribution in [-0.4, -0.2) is 37.1 Å². The molecule has 1 aromatic carbocycles. The quantitative estimate of drug-likeness (QED) is 0.570. The Kier molecular flexibility index (Phi) is 6.74. The Morgan fingerprint density at radius 3 is 2.78 bits per heavy atom. The van der Waals surface area contributed by atoms with Crippen LogP contribution in [0, 0.1) is 0 Å². The lowest BCUT2D eigenvalue weighted by molar-refractivity contribution is 0.0532. The fourth-order valence-corrected chi connectivity index (χ4v) is 3.18. The highest BCUT2D eigenvalue weighted by atomic mass is 32.1. The molecule has 1 aromatic heterocycles. The molecule has 0 aliphatic rings. The molecule has 0 saturated carbocycles. The van der Waals surface area contributed by atoms with Crippen LogP contribution in [0.3, 0.4) is 0 Å². The van der Waals surface area contributed by atoms with Gasteiger partial charge in [0.25, 0.3) is 0 Å². The van der Waals surface area contributed by atoms with Crippen molar-refractivity contribution in [1.82, 2.24) is 10.3 Å². The van der Waals surface area contributed by atoms with Crippen LogP contribution in [0.15, 0.2) is 41.0 Å². The fraction of sp³-hybridized carbons (Fsp3) is 0.350. The maximum atomic E-state index is 11.8. The van der Waals surface area contributed by atoms with E-state index in [0.29, 0.717) is 6.54 Å². The zero-order valence-corrected chi connectivity index (χ0v) is 17.1. The van der Waals surface area contributed by atoms with Gasteiger partial charge >= 0.3 is 6.09 Å². The summed E-state index contributed by atoms with van der Waals surface area (Å²) in [4.78, 5) is 20.3. The summed E-state index contributed by atoms with van der Waals surface area (Å²) in [5.41, 5.74) is 2.10. The van der Waals surface area contributed by atoms with Gasteiger partial charge < -0.3 is 14.8 Å². The maximum absolute atomic E-state index is 11.8. The Morgan fingerprint density at radius 1 is 1.41 bits per heavy atom. The molecule has 2 aromatic rings. The van der Waals surface area contributed by atoms with Gasteiger partial charge in [0.05, 0.1) is 17.3 Å². The van der Waals surface area contributed by atoms with Crippen LogP contribution in [0.25, 0.3) is 15.8 Å². The van der Waals surface area contributed by atoms with Gasteiger partial charge in [-0.15, -0.1) is 11.3 Å². The summed E-state index contributed by atoms with van der Waals surface area (Å²) in [5.74, 6) is 0.764. The number of allylic oxidation sites excluding steroid dienone is 2. The van der Waals surface area contributed by atoms with Crippen molar-refractivity contribution in [2.75, 3.05) is 13.7 Å². The third-order valence-electron chi connectivity index (χ3n) is 3.38. The van der Waals surface area contributed by atoms with Crippen molar-refractivity contribution in [3.05, 3.63) is 41.1 Å². The molecule has 1 amide bonds. The van der Waals surface area contributed by atoms with E-state index in [-0.39, 0.29) is 0 Å². The first-order valence-electron chi connectivity index (χ1n) is 8.47. The molecule has 6 nitrogen and oxygen atoms in total. The molecule has 0 atom stereocenters. The molecule has 0 saturated heterocycles. The first-order valence-corrected chi connectivity index (χ1v) is 9.28. The van der Waals surface area contributed by atoms with Gasteiger partial charge in [0.15, 0.2) is 0 Å².